The Bertz CT molecular complexity index is 142. The average molecular weight is 112 g/mol. The van der Waals surface area contributed by atoms with Crippen molar-refractivity contribution in [1.29, 1.82) is 0 Å². The lowest BCUT2D eigenvalue weighted by atomic mass is 10.5. The highest BCUT2D eigenvalue weighted by Crippen LogP contribution is 1.92. The maximum absolute atomic E-state index is 9.77. The fourth-order valence-corrected chi connectivity index (χ4v) is 0.358. The largest absolute Gasteiger partial charge is 0.462 e. The van der Waals surface area contributed by atoms with Gasteiger partial charge in [-0.05, 0) is 12.1 Å². The zero-order valence-electron chi connectivity index (χ0n) is 3.63. The van der Waals surface area contributed by atoms with Gasteiger partial charge in [-0.3, -0.25) is 4.79 Å². The predicted octanol–water partition coefficient (Wildman–Crippen LogP) is 1.73. The highest BCUT2D eigenvalue weighted by Gasteiger charge is 1.84. The van der Waals surface area contributed by atoms with Crippen LogP contribution in [0.3, 0.4) is 0 Å². The van der Waals surface area contributed by atoms with E-state index in [1.54, 1.807) is 12.1 Å². The first-order valence-corrected chi connectivity index (χ1v) is 1.92. The second-order valence-electron chi connectivity index (χ2n) is 1.13. The van der Waals surface area contributed by atoms with Gasteiger partial charge in [0.15, 0.2) is 12.0 Å². The molecule has 44 valence electrons. The van der Waals surface area contributed by atoms with Gasteiger partial charge in [-0.25, -0.2) is 0 Å². The maximum Gasteiger partial charge on any atom is 0.185 e. The molecule has 0 fully saturated rings. The fourth-order valence-electron chi connectivity index (χ4n) is 0.358. The quantitative estimate of drug-likeness (QED) is 0.518. The van der Waals surface area contributed by atoms with Gasteiger partial charge in [0, 0.05) is 0 Å². The molecule has 1 heterocycles. The number of carbonyl (C=O) groups is 1. The van der Waals surface area contributed by atoms with E-state index in [1.807, 2.05) is 0 Å². The molecule has 0 aliphatic heterocycles. The number of aldehydes is 1. The Morgan fingerprint density at radius 2 is 2.38 bits per heavy atom. The zero-order valence-corrected chi connectivity index (χ0v) is 3.63. The summed E-state index contributed by atoms with van der Waals surface area (Å²) in [6, 6.07) is 3.27. The van der Waals surface area contributed by atoms with Crippen molar-refractivity contribution in [2.75, 3.05) is 0 Å². The van der Waals surface area contributed by atoms with Crippen LogP contribution in [0.4, 0.5) is 0 Å². The second kappa shape index (κ2) is 3.02. The number of furan rings is 1. The molecule has 0 saturated heterocycles. The van der Waals surface area contributed by atoms with Crippen molar-refractivity contribution in [1.82, 2.24) is 0 Å². The molecule has 0 N–H and O–H groups in total. The minimum Gasteiger partial charge on any atom is -0.462 e. The lowest BCUT2D eigenvalue weighted by Gasteiger charge is -1.68. The van der Waals surface area contributed by atoms with Crippen LogP contribution in [-0.2, 0) is 0 Å². The Kier molecular flexibility index (Phi) is 2.62. The van der Waals surface area contributed by atoms with E-state index in [1.165, 1.54) is 6.26 Å². The molecular formula is C6H8O2. The Labute approximate surface area is 48.1 Å². The van der Waals surface area contributed by atoms with Gasteiger partial charge in [-0.2, -0.15) is 0 Å². The molecule has 0 aliphatic carbocycles. The minimum atomic E-state index is 0. The first-order valence-electron chi connectivity index (χ1n) is 1.92. The van der Waals surface area contributed by atoms with Crippen LogP contribution in [0, 0.1) is 0 Å². The zero-order chi connectivity index (χ0) is 5.11. The van der Waals surface area contributed by atoms with E-state index in [4.69, 9.17) is 0 Å². The minimum absolute atomic E-state index is 0. The SMILES string of the molecule is C.O=Cc1ccco1. The standard InChI is InChI=1S/C5H4O2.CH4/c6-4-5-2-1-3-7-5;/h1-4H;1H4. The van der Waals surface area contributed by atoms with Crippen LogP contribution in [0.2, 0.25) is 0 Å². The van der Waals surface area contributed by atoms with Crippen LogP contribution >= 0.6 is 0 Å². The summed E-state index contributed by atoms with van der Waals surface area (Å²) >= 11 is 0. The van der Waals surface area contributed by atoms with E-state index < -0.39 is 0 Å². The normalized spacial score (nSPS) is 7.50. The summed E-state index contributed by atoms with van der Waals surface area (Å²) in [5, 5.41) is 0. The summed E-state index contributed by atoms with van der Waals surface area (Å²) in [5.41, 5.74) is 0. The lowest BCUT2D eigenvalue weighted by Crippen LogP contribution is -1.65. The molecule has 0 aliphatic rings. The third-order valence-electron chi connectivity index (χ3n) is 0.659. The van der Waals surface area contributed by atoms with Crippen molar-refractivity contribution < 1.29 is 9.21 Å². The molecule has 1 rings (SSSR count). The molecule has 0 unspecified atom stereocenters. The molecule has 0 saturated carbocycles. The van der Waals surface area contributed by atoms with Gasteiger partial charge >= 0.3 is 0 Å². The summed E-state index contributed by atoms with van der Waals surface area (Å²) in [6.07, 6.45) is 2.13. The van der Waals surface area contributed by atoms with Crippen LogP contribution in [0.1, 0.15) is 18.0 Å². The summed E-state index contributed by atoms with van der Waals surface area (Å²) in [5.74, 6) is 0.375. The molecule has 0 bridgehead atoms. The molecule has 0 atom stereocenters. The second-order valence-corrected chi connectivity index (χ2v) is 1.13. The summed E-state index contributed by atoms with van der Waals surface area (Å²) in [6.45, 7) is 0. The lowest BCUT2D eigenvalue weighted by molar-refractivity contribution is 0.110. The van der Waals surface area contributed by atoms with E-state index in [-0.39, 0.29) is 7.43 Å². The van der Waals surface area contributed by atoms with Crippen LogP contribution < -0.4 is 0 Å². The highest BCUT2D eigenvalue weighted by molar-refractivity contribution is 5.69. The summed E-state index contributed by atoms with van der Waals surface area (Å²) in [4.78, 5) is 9.77. The number of hydrogen-bond donors (Lipinski definition) is 0. The third kappa shape index (κ3) is 1.22. The van der Waals surface area contributed by atoms with Gasteiger partial charge in [-0.15, -0.1) is 0 Å². The van der Waals surface area contributed by atoms with Gasteiger partial charge in [0.1, 0.15) is 0 Å². The van der Waals surface area contributed by atoms with Gasteiger partial charge in [0.05, 0.1) is 6.26 Å². The molecule has 1 aromatic heterocycles. The van der Waals surface area contributed by atoms with E-state index >= 15 is 0 Å². The van der Waals surface area contributed by atoms with Crippen LogP contribution in [0.5, 0.6) is 0 Å². The first-order chi connectivity index (χ1) is 3.43. The van der Waals surface area contributed by atoms with Crippen molar-refractivity contribution >= 4 is 6.29 Å². The molecule has 8 heavy (non-hydrogen) atoms. The van der Waals surface area contributed by atoms with E-state index in [0.717, 1.165) is 0 Å². The van der Waals surface area contributed by atoms with Crippen molar-refractivity contribution in [2.24, 2.45) is 0 Å². The Balaban J connectivity index is 0.000000490. The summed E-state index contributed by atoms with van der Waals surface area (Å²) < 4.78 is 4.61. The van der Waals surface area contributed by atoms with Gasteiger partial charge in [0.25, 0.3) is 0 Å². The highest BCUT2D eigenvalue weighted by atomic mass is 16.3. The fraction of sp³-hybridized carbons (Fsp3) is 0.167. The average Bonchev–Trinajstić information content (AvgIpc) is 2.14. The van der Waals surface area contributed by atoms with Crippen molar-refractivity contribution in [3.8, 4) is 0 Å². The van der Waals surface area contributed by atoms with E-state index in [9.17, 15) is 4.79 Å². The Hall–Kier alpha value is -1.05. The van der Waals surface area contributed by atoms with Gasteiger partial charge in [-0.1, -0.05) is 7.43 Å². The molecule has 0 radical (unpaired) electrons. The number of hydrogen-bond acceptors (Lipinski definition) is 2. The molecule has 2 nitrogen and oxygen atoms in total. The number of rotatable bonds is 1. The molecular weight excluding hydrogens is 104 g/mol. The van der Waals surface area contributed by atoms with Crippen LogP contribution in [0.15, 0.2) is 22.8 Å². The predicted molar refractivity (Wildman–Crippen MR) is 30.8 cm³/mol. The molecule has 0 spiro atoms. The Morgan fingerprint density at radius 1 is 1.62 bits per heavy atom. The first kappa shape index (κ1) is 6.95. The molecule has 1 aromatic rings. The summed E-state index contributed by atoms with van der Waals surface area (Å²) in [7, 11) is 0. The monoisotopic (exact) mass is 112 g/mol. The van der Waals surface area contributed by atoms with Crippen molar-refractivity contribution in [3.63, 3.8) is 0 Å². The van der Waals surface area contributed by atoms with Crippen LogP contribution in [0.25, 0.3) is 0 Å². The van der Waals surface area contributed by atoms with Gasteiger partial charge < -0.3 is 4.42 Å². The molecule has 0 amide bonds. The third-order valence-corrected chi connectivity index (χ3v) is 0.659. The van der Waals surface area contributed by atoms with E-state index in [0.29, 0.717) is 12.0 Å². The maximum atomic E-state index is 9.77. The van der Waals surface area contributed by atoms with Crippen LogP contribution in [-0.4, -0.2) is 6.29 Å². The molecule has 2 heteroatoms. The number of carbonyl (C=O) groups excluding carboxylic acids is 1. The Morgan fingerprint density at radius 3 is 2.62 bits per heavy atom. The van der Waals surface area contributed by atoms with Crippen molar-refractivity contribution in [3.05, 3.63) is 24.2 Å². The van der Waals surface area contributed by atoms with E-state index in [2.05, 4.69) is 4.42 Å². The topological polar surface area (TPSA) is 30.2 Å². The van der Waals surface area contributed by atoms with Crippen molar-refractivity contribution in [2.45, 2.75) is 7.43 Å². The van der Waals surface area contributed by atoms with Gasteiger partial charge in [0.2, 0.25) is 0 Å². The molecule has 0 aromatic carbocycles. The smallest absolute Gasteiger partial charge is 0.185 e.